The molecular formula is C15H26O2. The fourth-order valence-electron chi connectivity index (χ4n) is 2.79. The van der Waals surface area contributed by atoms with Gasteiger partial charge in [0.15, 0.2) is 0 Å². The van der Waals surface area contributed by atoms with Crippen molar-refractivity contribution < 1.29 is 9.47 Å². The Balaban J connectivity index is 1.63. The molecule has 0 amide bonds. The number of ether oxygens (including phenoxy) is 2. The first-order valence-electron chi connectivity index (χ1n) is 6.88. The summed E-state index contributed by atoms with van der Waals surface area (Å²) in [6.45, 7) is 9.95. The molecule has 98 valence electrons. The summed E-state index contributed by atoms with van der Waals surface area (Å²) in [6, 6.07) is 0. The Kier molecular flexibility index (Phi) is 3.94. The van der Waals surface area contributed by atoms with E-state index in [0.717, 1.165) is 24.4 Å². The third-order valence-electron chi connectivity index (χ3n) is 3.76. The minimum absolute atomic E-state index is 0.0627. The normalized spacial score (nSPS) is 33.3. The zero-order chi connectivity index (χ0) is 12.5. The lowest BCUT2D eigenvalue weighted by Gasteiger charge is -2.24. The lowest BCUT2D eigenvalue weighted by Crippen LogP contribution is -2.28. The summed E-state index contributed by atoms with van der Waals surface area (Å²) in [5.74, 6) is 2.38. The monoisotopic (exact) mass is 238 g/mol. The average Bonchev–Trinajstić information content (AvgIpc) is 2.84. The molecule has 0 heterocycles. The molecular weight excluding hydrogens is 212 g/mol. The van der Waals surface area contributed by atoms with E-state index >= 15 is 0 Å². The fraction of sp³-hybridized carbons (Fsp3) is 0.867. The van der Waals surface area contributed by atoms with Crippen LogP contribution in [0.1, 0.15) is 40.5 Å². The van der Waals surface area contributed by atoms with Crippen LogP contribution in [0.15, 0.2) is 12.2 Å². The Morgan fingerprint density at radius 1 is 1.24 bits per heavy atom. The van der Waals surface area contributed by atoms with E-state index in [1.165, 1.54) is 12.8 Å². The molecule has 0 aromatic rings. The maximum absolute atomic E-state index is 5.92. The minimum Gasteiger partial charge on any atom is -0.376 e. The summed E-state index contributed by atoms with van der Waals surface area (Å²) in [6.07, 6.45) is 7.66. The number of allylic oxidation sites excluding steroid dienone is 2. The van der Waals surface area contributed by atoms with E-state index in [2.05, 4.69) is 39.8 Å². The van der Waals surface area contributed by atoms with Gasteiger partial charge in [-0.05, 0) is 58.3 Å². The molecule has 2 aliphatic carbocycles. The molecule has 4 unspecified atom stereocenters. The Morgan fingerprint density at radius 2 is 2.00 bits per heavy atom. The van der Waals surface area contributed by atoms with Crippen LogP contribution >= 0.6 is 0 Å². The van der Waals surface area contributed by atoms with Crippen molar-refractivity contribution >= 4 is 0 Å². The molecule has 2 heteroatoms. The highest BCUT2D eigenvalue weighted by atomic mass is 16.5. The SMILES string of the molecule is CC(COC(C)(C)C)OCC1CC2C=CC1C2. The van der Waals surface area contributed by atoms with Gasteiger partial charge in [0.1, 0.15) is 0 Å². The van der Waals surface area contributed by atoms with Crippen LogP contribution in [0.5, 0.6) is 0 Å². The second-order valence-electron chi connectivity index (χ2n) is 6.61. The van der Waals surface area contributed by atoms with Gasteiger partial charge in [-0.2, -0.15) is 0 Å². The molecule has 2 nitrogen and oxygen atoms in total. The van der Waals surface area contributed by atoms with Gasteiger partial charge in [-0.25, -0.2) is 0 Å². The number of rotatable bonds is 5. The molecule has 1 fully saturated rings. The van der Waals surface area contributed by atoms with Crippen LogP contribution in [-0.2, 0) is 9.47 Å². The predicted octanol–water partition coefficient (Wildman–Crippen LogP) is 3.42. The van der Waals surface area contributed by atoms with Gasteiger partial charge < -0.3 is 9.47 Å². The summed E-state index contributed by atoms with van der Waals surface area (Å²) < 4.78 is 11.6. The molecule has 2 aliphatic rings. The van der Waals surface area contributed by atoms with Gasteiger partial charge in [0, 0.05) is 0 Å². The van der Waals surface area contributed by atoms with Crippen LogP contribution in [0, 0.1) is 17.8 Å². The fourth-order valence-corrected chi connectivity index (χ4v) is 2.79. The van der Waals surface area contributed by atoms with Gasteiger partial charge in [0.25, 0.3) is 0 Å². The first-order chi connectivity index (χ1) is 7.94. The topological polar surface area (TPSA) is 18.5 Å². The molecule has 0 aromatic heterocycles. The second-order valence-corrected chi connectivity index (χ2v) is 6.61. The van der Waals surface area contributed by atoms with Crippen LogP contribution in [-0.4, -0.2) is 24.9 Å². The van der Waals surface area contributed by atoms with Gasteiger partial charge in [-0.1, -0.05) is 12.2 Å². The summed E-state index contributed by atoms with van der Waals surface area (Å²) in [5.41, 5.74) is -0.0627. The van der Waals surface area contributed by atoms with Crippen molar-refractivity contribution in [1.29, 1.82) is 0 Å². The van der Waals surface area contributed by atoms with Crippen molar-refractivity contribution in [2.24, 2.45) is 17.8 Å². The van der Waals surface area contributed by atoms with Gasteiger partial charge in [-0.3, -0.25) is 0 Å². The van der Waals surface area contributed by atoms with Gasteiger partial charge >= 0.3 is 0 Å². The Bertz CT molecular complexity index is 277. The maximum atomic E-state index is 5.92. The van der Waals surface area contributed by atoms with E-state index in [9.17, 15) is 0 Å². The van der Waals surface area contributed by atoms with Crippen LogP contribution in [0.3, 0.4) is 0 Å². The van der Waals surface area contributed by atoms with Crippen LogP contribution in [0.4, 0.5) is 0 Å². The van der Waals surface area contributed by atoms with Crippen molar-refractivity contribution in [3.63, 3.8) is 0 Å². The smallest absolute Gasteiger partial charge is 0.0780 e. The van der Waals surface area contributed by atoms with Gasteiger partial charge in [0.05, 0.1) is 24.9 Å². The van der Waals surface area contributed by atoms with E-state index in [1.54, 1.807) is 0 Å². The second kappa shape index (κ2) is 5.11. The highest BCUT2D eigenvalue weighted by Gasteiger charge is 2.35. The van der Waals surface area contributed by atoms with E-state index in [-0.39, 0.29) is 11.7 Å². The van der Waals surface area contributed by atoms with Gasteiger partial charge in [-0.15, -0.1) is 0 Å². The third kappa shape index (κ3) is 3.82. The zero-order valence-corrected chi connectivity index (χ0v) is 11.6. The summed E-state index contributed by atoms with van der Waals surface area (Å²) in [5, 5.41) is 0. The predicted molar refractivity (Wildman–Crippen MR) is 70.0 cm³/mol. The molecule has 0 aliphatic heterocycles. The minimum atomic E-state index is -0.0627. The lowest BCUT2D eigenvalue weighted by molar-refractivity contribution is -0.0735. The molecule has 0 radical (unpaired) electrons. The molecule has 2 bridgehead atoms. The molecule has 0 aromatic carbocycles. The average molecular weight is 238 g/mol. The molecule has 2 rings (SSSR count). The van der Waals surface area contributed by atoms with Gasteiger partial charge in [0.2, 0.25) is 0 Å². The zero-order valence-electron chi connectivity index (χ0n) is 11.6. The summed E-state index contributed by atoms with van der Waals surface area (Å²) >= 11 is 0. The largest absolute Gasteiger partial charge is 0.376 e. The first kappa shape index (κ1) is 13.1. The summed E-state index contributed by atoms with van der Waals surface area (Å²) in [4.78, 5) is 0. The molecule has 1 saturated carbocycles. The molecule has 0 spiro atoms. The Morgan fingerprint density at radius 3 is 2.53 bits per heavy atom. The number of fused-ring (bicyclic) bond motifs is 2. The molecule has 0 N–H and O–H groups in total. The van der Waals surface area contributed by atoms with Crippen LogP contribution in [0.2, 0.25) is 0 Å². The van der Waals surface area contributed by atoms with E-state index in [1.807, 2.05) is 0 Å². The van der Waals surface area contributed by atoms with E-state index in [0.29, 0.717) is 6.61 Å². The van der Waals surface area contributed by atoms with Crippen molar-refractivity contribution in [2.75, 3.05) is 13.2 Å². The Labute approximate surface area is 105 Å². The summed E-state index contributed by atoms with van der Waals surface area (Å²) in [7, 11) is 0. The third-order valence-corrected chi connectivity index (χ3v) is 3.76. The Hall–Kier alpha value is -0.340. The lowest BCUT2D eigenvalue weighted by atomic mass is 9.94. The molecule has 4 atom stereocenters. The number of hydrogen-bond acceptors (Lipinski definition) is 2. The van der Waals surface area contributed by atoms with Crippen LogP contribution in [0.25, 0.3) is 0 Å². The van der Waals surface area contributed by atoms with E-state index in [4.69, 9.17) is 9.47 Å². The van der Waals surface area contributed by atoms with E-state index < -0.39 is 0 Å². The van der Waals surface area contributed by atoms with Crippen molar-refractivity contribution in [3.8, 4) is 0 Å². The quantitative estimate of drug-likeness (QED) is 0.683. The molecule has 17 heavy (non-hydrogen) atoms. The molecule has 0 saturated heterocycles. The highest BCUT2D eigenvalue weighted by molar-refractivity contribution is 5.09. The van der Waals surface area contributed by atoms with Crippen LogP contribution < -0.4 is 0 Å². The van der Waals surface area contributed by atoms with Crippen molar-refractivity contribution in [3.05, 3.63) is 12.2 Å². The standard InChI is InChI=1S/C15H26O2/c1-11(9-17-15(2,3)4)16-10-14-8-12-5-6-13(14)7-12/h5-6,11-14H,7-10H2,1-4H3. The van der Waals surface area contributed by atoms with Crippen molar-refractivity contribution in [2.45, 2.75) is 52.2 Å². The van der Waals surface area contributed by atoms with Crippen molar-refractivity contribution in [1.82, 2.24) is 0 Å². The first-order valence-corrected chi connectivity index (χ1v) is 6.88. The highest BCUT2D eigenvalue weighted by Crippen LogP contribution is 2.43. The maximum Gasteiger partial charge on any atom is 0.0780 e. The number of hydrogen-bond donors (Lipinski definition) is 0.